The van der Waals surface area contributed by atoms with Crippen LogP contribution in [0.25, 0.3) is 10.3 Å². The molecule has 21 heavy (non-hydrogen) atoms. The largest absolute Gasteiger partial charge is 0.476 e. The van der Waals surface area contributed by atoms with E-state index < -0.39 is 5.97 Å². The van der Waals surface area contributed by atoms with Crippen LogP contribution in [0.2, 0.25) is 0 Å². The average Bonchev–Trinajstić information content (AvgIpc) is 2.89. The third kappa shape index (κ3) is 2.97. The summed E-state index contributed by atoms with van der Waals surface area (Å²) in [5.41, 5.74) is 0.599. The van der Waals surface area contributed by atoms with Crippen LogP contribution in [0.5, 0.6) is 0 Å². The molecule has 0 bridgehead atoms. The molecular formula is C15H17BrN2O2S. The summed E-state index contributed by atoms with van der Waals surface area (Å²) in [5, 5.41) is 10.2. The molecule has 112 valence electrons. The van der Waals surface area contributed by atoms with E-state index in [9.17, 15) is 4.79 Å². The molecule has 0 spiro atoms. The van der Waals surface area contributed by atoms with Crippen molar-refractivity contribution in [3.8, 4) is 0 Å². The maximum atomic E-state index is 11.1. The maximum Gasteiger partial charge on any atom is 0.355 e. The van der Waals surface area contributed by atoms with Crippen LogP contribution in [-0.2, 0) is 0 Å². The fraction of sp³-hybridized carbons (Fsp3) is 0.533. The van der Waals surface area contributed by atoms with Gasteiger partial charge < -0.3 is 5.11 Å². The van der Waals surface area contributed by atoms with Gasteiger partial charge in [-0.1, -0.05) is 13.3 Å². The number of pyridine rings is 1. The van der Waals surface area contributed by atoms with Crippen LogP contribution in [0, 0.1) is 5.92 Å². The molecule has 0 aliphatic heterocycles. The zero-order valence-corrected chi connectivity index (χ0v) is 14.2. The molecule has 1 saturated carbocycles. The number of halogens is 1. The molecule has 1 N–H and O–H groups in total. The average molecular weight is 369 g/mol. The second-order valence-electron chi connectivity index (χ2n) is 5.62. The predicted octanol–water partition coefficient (Wildman–Crippen LogP) is 4.84. The van der Waals surface area contributed by atoms with Gasteiger partial charge in [0.15, 0.2) is 11.3 Å². The van der Waals surface area contributed by atoms with Gasteiger partial charge in [-0.3, -0.25) is 0 Å². The van der Waals surface area contributed by atoms with Crippen molar-refractivity contribution in [3.63, 3.8) is 0 Å². The first-order chi connectivity index (χ1) is 10.1. The van der Waals surface area contributed by atoms with Gasteiger partial charge in [0.2, 0.25) is 0 Å². The predicted molar refractivity (Wildman–Crippen MR) is 87.1 cm³/mol. The number of nitrogens with zero attached hydrogens (tertiary/aromatic N) is 2. The van der Waals surface area contributed by atoms with Crippen molar-refractivity contribution in [2.24, 2.45) is 5.92 Å². The van der Waals surface area contributed by atoms with E-state index in [0.717, 1.165) is 15.6 Å². The van der Waals surface area contributed by atoms with Gasteiger partial charge in [0.1, 0.15) is 0 Å². The van der Waals surface area contributed by atoms with Gasteiger partial charge in [0.25, 0.3) is 0 Å². The quantitative estimate of drug-likeness (QED) is 0.841. The van der Waals surface area contributed by atoms with Crippen LogP contribution in [0.3, 0.4) is 0 Å². The van der Waals surface area contributed by atoms with Gasteiger partial charge in [0.05, 0.1) is 14.2 Å². The number of aromatic nitrogens is 2. The lowest BCUT2D eigenvalue weighted by molar-refractivity contribution is 0.0690. The van der Waals surface area contributed by atoms with Crippen molar-refractivity contribution in [1.82, 2.24) is 9.97 Å². The zero-order valence-electron chi connectivity index (χ0n) is 11.8. The Balaban J connectivity index is 1.89. The normalized spacial score (nSPS) is 22.6. The highest BCUT2D eigenvalue weighted by molar-refractivity contribution is 9.10. The number of rotatable bonds is 3. The molecule has 0 amide bonds. The third-order valence-electron chi connectivity index (χ3n) is 4.33. The molecule has 2 heterocycles. The lowest BCUT2D eigenvalue weighted by Crippen LogP contribution is -2.12. The van der Waals surface area contributed by atoms with Crippen LogP contribution in [-0.4, -0.2) is 21.0 Å². The molecule has 2 aromatic heterocycles. The Kier molecular flexibility index (Phi) is 4.26. The molecule has 1 aliphatic carbocycles. The Morgan fingerprint density at radius 2 is 2.10 bits per heavy atom. The van der Waals surface area contributed by atoms with E-state index in [0.29, 0.717) is 16.0 Å². The van der Waals surface area contributed by atoms with Crippen LogP contribution < -0.4 is 0 Å². The Labute approximate surface area is 135 Å². The smallest absolute Gasteiger partial charge is 0.355 e. The highest BCUT2D eigenvalue weighted by atomic mass is 79.9. The first-order valence-electron chi connectivity index (χ1n) is 7.28. The summed E-state index contributed by atoms with van der Waals surface area (Å²) in [7, 11) is 0. The second kappa shape index (κ2) is 6.01. The Bertz CT molecular complexity index is 678. The highest BCUT2D eigenvalue weighted by Crippen LogP contribution is 2.40. The number of hydrogen-bond donors (Lipinski definition) is 1. The molecule has 0 atom stereocenters. The van der Waals surface area contributed by atoms with Gasteiger partial charge in [-0.05, 0) is 53.6 Å². The van der Waals surface area contributed by atoms with E-state index in [2.05, 4.69) is 32.8 Å². The lowest BCUT2D eigenvalue weighted by atomic mass is 9.81. The fourth-order valence-electron chi connectivity index (χ4n) is 3.00. The van der Waals surface area contributed by atoms with Crippen LogP contribution >= 0.6 is 27.3 Å². The number of hydrogen-bond acceptors (Lipinski definition) is 4. The number of carbonyl (C=O) groups is 1. The highest BCUT2D eigenvalue weighted by Gasteiger charge is 2.24. The summed E-state index contributed by atoms with van der Waals surface area (Å²) in [4.78, 5) is 19.9. The van der Waals surface area contributed by atoms with Crippen molar-refractivity contribution in [2.75, 3.05) is 0 Å². The van der Waals surface area contributed by atoms with E-state index >= 15 is 0 Å². The fourth-order valence-corrected chi connectivity index (χ4v) is 4.76. The molecular weight excluding hydrogens is 352 g/mol. The second-order valence-corrected chi connectivity index (χ2v) is 7.54. The summed E-state index contributed by atoms with van der Waals surface area (Å²) in [6, 6.07) is 1.82. The number of carboxylic acids is 1. The Hall–Kier alpha value is -1.01. The zero-order chi connectivity index (χ0) is 15.0. The molecule has 1 fully saturated rings. The SMILES string of the molecule is CCC1CCC(c2nc3nc(C(=O)O)c(Br)cc3s2)CC1. The van der Waals surface area contributed by atoms with E-state index in [1.807, 2.05) is 6.07 Å². The topological polar surface area (TPSA) is 63.1 Å². The number of thiazole rings is 1. The number of fused-ring (bicyclic) bond motifs is 1. The Morgan fingerprint density at radius 1 is 1.38 bits per heavy atom. The van der Waals surface area contributed by atoms with Crippen molar-refractivity contribution >= 4 is 43.6 Å². The maximum absolute atomic E-state index is 11.1. The minimum atomic E-state index is -1.03. The molecule has 0 aromatic carbocycles. The van der Waals surface area contributed by atoms with Crippen molar-refractivity contribution < 1.29 is 9.90 Å². The van der Waals surface area contributed by atoms with E-state index in [-0.39, 0.29) is 5.69 Å². The summed E-state index contributed by atoms with van der Waals surface area (Å²) >= 11 is 4.93. The molecule has 0 unspecified atom stereocenters. The molecule has 6 heteroatoms. The van der Waals surface area contributed by atoms with Gasteiger partial charge in [-0.25, -0.2) is 14.8 Å². The van der Waals surface area contributed by atoms with Gasteiger partial charge in [-0.15, -0.1) is 11.3 Å². The summed E-state index contributed by atoms with van der Waals surface area (Å²) in [6.07, 6.45) is 6.18. The summed E-state index contributed by atoms with van der Waals surface area (Å²) < 4.78 is 1.48. The molecule has 3 rings (SSSR count). The van der Waals surface area contributed by atoms with Crippen molar-refractivity contribution in [2.45, 2.75) is 44.9 Å². The minimum absolute atomic E-state index is 0.0361. The van der Waals surface area contributed by atoms with E-state index in [4.69, 9.17) is 5.11 Å². The van der Waals surface area contributed by atoms with Crippen molar-refractivity contribution in [1.29, 1.82) is 0 Å². The molecule has 0 saturated heterocycles. The number of carboxylic acid groups (broad SMARTS) is 1. The summed E-state index contributed by atoms with van der Waals surface area (Å²) in [5.74, 6) is 0.349. The van der Waals surface area contributed by atoms with E-state index in [1.165, 1.54) is 32.1 Å². The molecule has 1 aliphatic rings. The van der Waals surface area contributed by atoms with Gasteiger partial charge in [-0.2, -0.15) is 0 Å². The number of aromatic carboxylic acids is 1. The van der Waals surface area contributed by atoms with E-state index in [1.54, 1.807) is 11.3 Å². The van der Waals surface area contributed by atoms with Crippen molar-refractivity contribution in [3.05, 3.63) is 21.2 Å². The van der Waals surface area contributed by atoms with Crippen LogP contribution in [0.1, 0.15) is 60.4 Å². The molecule has 2 aromatic rings. The van der Waals surface area contributed by atoms with Crippen LogP contribution in [0.4, 0.5) is 0 Å². The molecule has 4 nitrogen and oxygen atoms in total. The minimum Gasteiger partial charge on any atom is -0.476 e. The summed E-state index contributed by atoms with van der Waals surface area (Å²) in [6.45, 7) is 2.26. The first kappa shape index (κ1) is 14.9. The lowest BCUT2D eigenvalue weighted by Gasteiger charge is -2.26. The third-order valence-corrected chi connectivity index (χ3v) is 6.09. The first-order valence-corrected chi connectivity index (χ1v) is 8.89. The van der Waals surface area contributed by atoms with Gasteiger partial charge >= 0.3 is 5.97 Å². The standard InChI is InChI=1S/C15H17BrN2O2S/c1-2-8-3-5-9(6-4-8)14-18-13-11(21-14)7-10(16)12(17-13)15(19)20/h7-9H,2-6H2,1H3,(H,19,20). The molecule has 0 radical (unpaired) electrons. The monoisotopic (exact) mass is 368 g/mol. The van der Waals surface area contributed by atoms with Gasteiger partial charge in [0, 0.05) is 5.92 Å². The van der Waals surface area contributed by atoms with Crippen LogP contribution in [0.15, 0.2) is 10.5 Å². The Morgan fingerprint density at radius 3 is 2.71 bits per heavy atom.